The molecule has 4 rings (SSSR count). The van der Waals surface area contributed by atoms with Crippen LogP contribution in [0.5, 0.6) is 5.75 Å². The van der Waals surface area contributed by atoms with Crippen LogP contribution in [0.2, 0.25) is 0 Å². The maximum absolute atomic E-state index is 13.9. The summed E-state index contributed by atoms with van der Waals surface area (Å²) in [6.07, 6.45) is 4.58. The van der Waals surface area contributed by atoms with Crippen molar-refractivity contribution < 1.29 is 24.2 Å². The van der Waals surface area contributed by atoms with Crippen LogP contribution in [0.3, 0.4) is 0 Å². The van der Waals surface area contributed by atoms with E-state index in [2.05, 4.69) is 12.1 Å². The monoisotopic (exact) mass is 522 g/mol. The lowest BCUT2D eigenvalue weighted by molar-refractivity contribution is -0.143. The van der Waals surface area contributed by atoms with Crippen molar-refractivity contribution in [3.8, 4) is 5.75 Å². The summed E-state index contributed by atoms with van der Waals surface area (Å²) in [7, 11) is 0. The van der Waals surface area contributed by atoms with Crippen molar-refractivity contribution in [1.82, 2.24) is 9.80 Å². The minimum absolute atomic E-state index is 0.0732. The molecule has 206 valence electrons. The van der Waals surface area contributed by atoms with Crippen LogP contribution in [0.1, 0.15) is 69.9 Å². The van der Waals surface area contributed by atoms with Crippen molar-refractivity contribution in [3.63, 3.8) is 0 Å². The number of amides is 2. The van der Waals surface area contributed by atoms with Gasteiger partial charge in [-0.25, -0.2) is 4.79 Å². The summed E-state index contributed by atoms with van der Waals surface area (Å²) in [6.45, 7) is 7.79. The molecular formula is C31H42N2O5. The Kier molecular flexibility index (Phi) is 8.98. The lowest BCUT2D eigenvalue weighted by Crippen LogP contribution is -2.55. The Labute approximate surface area is 226 Å². The topological polar surface area (TPSA) is 79.3 Å². The number of hydrogen-bond acceptors (Lipinski definition) is 5. The maximum Gasteiger partial charge on any atom is 0.410 e. The second kappa shape index (κ2) is 12.2. The molecule has 1 heterocycles. The molecule has 1 atom stereocenters. The Morgan fingerprint density at radius 2 is 1.50 bits per heavy atom. The number of nitrogens with zero attached hydrogens (tertiary/aromatic N) is 2. The molecule has 2 amide bonds. The van der Waals surface area contributed by atoms with Crippen LogP contribution in [0.25, 0.3) is 0 Å². The third-order valence-electron chi connectivity index (χ3n) is 7.46. The molecule has 2 aromatic rings. The van der Waals surface area contributed by atoms with Gasteiger partial charge in [0.2, 0.25) is 5.91 Å². The summed E-state index contributed by atoms with van der Waals surface area (Å²) in [4.78, 5) is 29.8. The van der Waals surface area contributed by atoms with Gasteiger partial charge in [0.15, 0.2) is 0 Å². The van der Waals surface area contributed by atoms with E-state index in [9.17, 15) is 14.7 Å². The highest BCUT2D eigenvalue weighted by molar-refractivity contribution is 5.85. The first-order chi connectivity index (χ1) is 18.1. The van der Waals surface area contributed by atoms with E-state index in [0.29, 0.717) is 45.6 Å². The van der Waals surface area contributed by atoms with Gasteiger partial charge in [-0.05, 0) is 56.9 Å². The fourth-order valence-electron chi connectivity index (χ4n) is 5.44. The molecule has 2 aliphatic rings. The molecule has 7 nitrogen and oxygen atoms in total. The molecule has 7 heteroatoms. The van der Waals surface area contributed by atoms with E-state index in [1.807, 2.05) is 63.2 Å². The van der Waals surface area contributed by atoms with E-state index in [4.69, 9.17) is 9.47 Å². The third kappa shape index (κ3) is 7.28. The van der Waals surface area contributed by atoms with E-state index in [0.717, 1.165) is 37.0 Å². The van der Waals surface area contributed by atoms with Gasteiger partial charge in [0.1, 0.15) is 11.4 Å². The Hall–Kier alpha value is -3.06. The number of rotatable bonds is 7. The summed E-state index contributed by atoms with van der Waals surface area (Å²) in [5.41, 5.74) is 0.398. The second-order valence-corrected chi connectivity index (χ2v) is 11.5. The molecule has 1 saturated heterocycles. The molecular weight excluding hydrogens is 480 g/mol. The number of carbonyl (C=O) groups excluding carboxylic acids is 2. The van der Waals surface area contributed by atoms with Crippen molar-refractivity contribution in [2.24, 2.45) is 0 Å². The summed E-state index contributed by atoms with van der Waals surface area (Å²) >= 11 is 0. The first-order valence-electron chi connectivity index (χ1n) is 13.9. The number of aliphatic hydroxyl groups is 1. The van der Waals surface area contributed by atoms with Crippen LogP contribution in [-0.4, -0.2) is 70.9 Å². The first kappa shape index (κ1) is 28.0. The highest BCUT2D eigenvalue weighted by atomic mass is 16.6. The van der Waals surface area contributed by atoms with E-state index in [-0.39, 0.29) is 12.0 Å². The fourth-order valence-corrected chi connectivity index (χ4v) is 5.44. The fraction of sp³-hybridized carbons (Fsp3) is 0.548. The normalized spacial score (nSPS) is 18.5. The number of hydrogen-bond donors (Lipinski definition) is 1. The predicted octanol–water partition coefficient (Wildman–Crippen LogP) is 5.17. The van der Waals surface area contributed by atoms with Crippen LogP contribution < -0.4 is 4.74 Å². The summed E-state index contributed by atoms with van der Waals surface area (Å²) < 4.78 is 11.5. The van der Waals surface area contributed by atoms with Gasteiger partial charge < -0.3 is 24.4 Å². The predicted molar refractivity (Wildman–Crippen MR) is 147 cm³/mol. The SMILES string of the molecule is CC(C)(C)OC(=O)N1CCN(C(=O)C(c2ccc(OCCc3ccccc3)cc2)C2(O)CCCCC2)CC1. The van der Waals surface area contributed by atoms with E-state index >= 15 is 0 Å². The van der Waals surface area contributed by atoms with E-state index < -0.39 is 17.1 Å². The third-order valence-corrected chi connectivity index (χ3v) is 7.46. The van der Waals surface area contributed by atoms with Gasteiger partial charge >= 0.3 is 6.09 Å². The van der Waals surface area contributed by atoms with Crippen LogP contribution in [0, 0.1) is 0 Å². The number of ether oxygens (including phenoxy) is 2. The molecule has 1 aliphatic carbocycles. The maximum atomic E-state index is 13.9. The average Bonchev–Trinajstić information content (AvgIpc) is 2.90. The Bertz CT molecular complexity index is 1050. The van der Waals surface area contributed by atoms with Crippen molar-refractivity contribution in [1.29, 1.82) is 0 Å². The highest BCUT2D eigenvalue weighted by Gasteiger charge is 2.45. The minimum atomic E-state index is -1.08. The van der Waals surface area contributed by atoms with Gasteiger partial charge in [0, 0.05) is 32.6 Å². The molecule has 0 radical (unpaired) electrons. The molecule has 0 spiro atoms. The molecule has 1 saturated carbocycles. The zero-order valence-corrected chi connectivity index (χ0v) is 23.0. The van der Waals surface area contributed by atoms with Crippen molar-refractivity contribution in [2.45, 2.75) is 76.4 Å². The largest absolute Gasteiger partial charge is 0.493 e. The number of carbonyl (C=O) groups is 2. The molecule has 1 N–H and O–H groups in total. The Morgan fingerprint density at radius 3 is 2.11 bits per heavy atom. The zero-order chi connectivity index (χ0) is 27.2. The Morgan fingerprint density at radius 1 is 0.895 bits per heavy atom. The summed E-state index contributed by atoms with van der Waals surface area (Å²) in [6, 6.07) is 17.8. The van der Waals surface area contributed by atoms with Crippen molar-refractivity contribution in [2.75, 3.05) is 32.8 Å². The summed E-state index contributed by atoms with van der Waals surface area (Å²) in [5.74, 6) is 0.0303. The molecule has 0 bridgehead atoms. The van der Waals surface area contributed by atoms with E-state index in [1.165, 1.54) is 5.56 Å². The molecule has 2 fully saturated rings. The highest BCUT2D eigenvalue weighted by Crippen LogP contribution is 2.41. The molecule has 38 heavy (non-hydrogen) atoms. The van der Waals surface area contributed by atoms with Gasteiger partial charge in [0.25, 0.3) is 0 Å². The van der Waals surface area contributed by atoms with Gasteiger partial charge in [0.05, 0.1) is 18.1 Å². The lowest BCUT2D eigenvalue weighted by Gasteiger charge is -2.43. The average molecular weight is 523 g/mol. The number of piperazine rings is 1. The van der Waals surface area contributed by atoms with Crippen LogP contribution in [0.15, 0.2) is 54.6 Å². The lowest BCUT2D eigenvalue weighted by atomic mass is 9.72. The van der Waals surface area contributed by atoms with Crippen LogP contribution in [-0.2, 0) is 16.0 Å². The minimum Gasteiger partial charge on any atom is -0.493 e. The molecule has 1 aliphatic heterocycles. The van der Waals surface area contributed by atoms with E-state index in [1.54, 1.807) is 9.80 Å². The summed E-state index contributed by atoms with van der Waals surface area (Å²) in [5, 5.41) is 11.7. The van der Waals surface area contributed by atoms with Gasteiger partial charge in [-0.3, -0.25) is 4.79 Å². The molecule has 1 unspecified atom stereocenters. The van der Waals surface area contributed by atoms with Crippen LogP contribution in [0.4, 0.5) is 4.79 Å². The first-order valence-corrected chi connectivity index (χ1v) is 13.9. The van der Waals surface area contributed by atoms with Crippen LogP contribution >= 0.6 is 0 Å². The van der Waals surface area contributed by atoms with Gasteiger partial charge in [-0.15, -0.1) is 0 Å². The molecule has 0 aromatic heterocycles. The van der Waals surface area contributed by atoms with Gasteiger partial charge in [-0.2, -0.15) is 0 Å². The standard InChI is InChI=1S/C31H42N2O5/c1-30(2,3)38-29(35)33-21-19-32(20-22-33)28(34)27(31(36)17-8-5-9-18-31)25-12-14-26(15-13-25)37-23-16-24-10-6-4-7-11-24/h4,6-7,10-15,27,36H,5,8-9,16-23H2,1-3H3. The van der Waals surface area contributed by atoms with Gasteiger partial charge in [-0.1, -0.05) is 61.7 Å². The second-order valence-electron chi connectivity index (χ2n) is 11.5. The van der Waals surface area contributed by atoms with Crippen molar-refractivity contribution in [3.05, 3.63) is 65.7 Å². The van der Waals surface area contributed by atoms with Crippen molar-refractivity contribution >= 4 is 12.0 Å². The number of benzene rings is 2. The zero-order valence-electron chi connectivity index (χ0n) is 23.0. The quantitative estimate of drug-likeness (QED) is 0.543. The Balaban J connectivity index is 1.43. The molecule has 2 aromatic carbocycles. The smallest absolute Gasteiger partial charge is 0.410 e.